The van der Waals surface area contributed by atoms with Gasteiger partial charge in [0.05, 0.1) is 30.7 Å². The van der Waals surface area contributed by atoms with Crippen molar-refractivity contribution in [3.63, 3.8) is 0 Å². The lowest BCUT2D eigenvalue weighted by Gasteiger charge is -2.15. The largest absolute Gasteiger partial charge is 0.464 e. The number of methoxy groups -OCH3 is 1. The third kappa shape index (κ3) is 4.35. The molecule has 10 nitrogen and oxygen atoms in total. The molecule has 4 rings (SSSR count). The second-order valence-electron chi connectivity index (χ2n) is 6.80. The molecule has 0 radical (unpaired) electrons. The molecule has 0 fully saturated rings. The molecule has 2 N–H and O–H groups in total. The molecule has 0 aliphatic carbocycles. The maximum absolute atomic E-state index is 12.5. The number of carbonyl (C=O) groups is 1. The maximum atomic E-state index is 12.5. The maximum Gasteiger partial charge on any atom is 0.387 e. The van der Waals surface area contributed by atoms with Crippen molar-refractivity contribution < 1.29 is 23.0 Å². The fourth-order valence-electron chi connectivity index (χ4n) is 3.20. The Morgan fingerprint density at radius 1 is 1.12 bits per heavy atom. The van der Waals surface area contributed by atoms with Crippen LogP contribution in [0, 0.1) is 0 Å². The minimum absolute atomic E-state index is 0.00274. The van der Waals surface area contributed by atoms with Gasteiger partial charge in [-0.1, -0.05) is 0 Å². The molecule has 0 aliphatic rings. The minimum Gasteiger partial charge on any atom is -0.464 e. The van der Waals surface area contributed by atoms with E-state index < -0.39 is 12.6 Å². The molecule has 3 aromatic heterocycles. The third-order valence-electron chi connectivity index (χ3n) is 4.75. The number of benzene rings is 1. The van der Waals surface area contributed by atoms with Crippen molar-refractivity contribution in [2.24, 2.45) is 7.05 Å². The lowest BCUT2D eigenvalue weighted by atomic mass is 10.1. The molecule has 0 amide bonds. The van der Waals surface area contributed by atoms with Crippen molar-refractivity contribution in [3.05, 3.63) is 48.7 Å². The first kappa shape index (κ1) is 21.9. The van der Waals surface area contributed by atoms with Crippen LogP contribution in [0.4, 0.5) is 26.1 Å². The number of hydrogen-bond acceptors (Lipinski definition) is 9. The fourth-order valence-corrected chi connectivity index (χ4v) is 3.20. The standard InChI is InChI=1S/C21H19F2N7O3/c1-24-18-16(13-8-25-9-14-15(13)26-10-30(14)2)28-17(20(31)32-3)19(29-18)27-11-4-6-12(7-5-11)33-21(22)23/h4-10,21H,1-3H3,(H2,24,27,29). The summed E-state index contributed by atoms with van der Waals surface area (Å²) in [7, 11) is 4.74. The average molecular weight is 455 g/mol. The number of anilines is 3. The van der Waals surface area contributed by atoms with Crippen LogP contribution in [0.25, 0.3) is 22.3 Å². The molecule has 0 spiro atoms. The zero-order valence-electron chi connectivity index (χ0n) is 17.8. The predicted molar refractivity (Wildman–Crippen MR) is 117 cm³/mol. The van der Waals surface area contributed by atoms with E-state index in [1.807, 2.05) is 11.6 Å². The molecule has 3 heterocycles. The van der Waals surface area contributed by atoms with Crippen LogP contribution in [-0.4, -0.2) is 51.2 Å². The summed E-state index contributed by atoms with van der Waals surface area (Å²) in [4.78, 5) is 30.2. The summed E-state index contributed by atoms with van der Waals surface area (Å²) >= 11 is 0. The second kappa shape index (κ2) is 9.02. The number of ether oxygens (including phenoxy) is 2. The zero-order valence-corrected chi connectivity index (χ0v) is 17.8. The molecule has 170 valence electrons. The van der Waals surface area contributed by atoms with Gasteiger partial charge in [0.2, 0.25) is 0 Å². The van der Waals surface area contributed by atoms with E-state index in [4.69, 9.17) is 4.74 Å². The van der Waals surface area contributed by atoms with Crippen LogP contribution in [0.5, 0.6) is 5.75 Å². The first-order valence-electron chi connectivity index (χ1n) is 9.66. The van der Waals surface area contributed by atoms with E-state index in [0.29, 0.717) is 28.3 Å². The Bertz CT molecular complexity index is 1310. The van der Waals surface area contributed by atoms with E-state index in [-0.39, 0.29) is 17.3 Å². The molecular weight excluding hydrogens is 436 g/mol. The van der Waals surface area contributed by atoms with Crippen molar-refractivity contribution in [1.82, 2.24) is 24.5 Å². The summed E-state index contributed by atoms with van der Waals surface area (Å²) in [5.41, 5.74) is 2.76. The van der Waals surface area contributed by atoms with Crippen LogP contribution in [0.2, 0.25) is 0 Å². The molecule has 12 heteroatoms. The van der Waals surface area contributed by atoms with E-state index in [0.717, 1.165) is 5.52 Å². The highest BCUT2D eigenvalue weighted by atomic mass is 19.3. The van der Waals surface area contributed by atoms with Gasteiger partial charge in [0.1, 0.15) is 17.0 Å². The SMILES string of the molecule is CNc1nc(Nc2ccc(OC(F)F)cc2)c(C(=O)OC)nc1-c1cncc2c1ncn2C. The summed E-state index contributed by atoms with van der Waals surface area (Å²) in [6.45, 7) is -2.93. The van der Waals surface area contributed by atoms with Crippen LogP contribution in [0.1, 0.15) is 10.5 Å². The number of fused-ring (bicyclic) bond motifs is 1. The van der Waals surface area contributed by atoms with Gasteiger partial charge in [0, 0.05) is 26.0 Å². The second-order valence-corrected chi connectivity index (χ2v) is 6.80. The van der Waals surface area contributed by atoms with Gasteiger partial charge in [-0.25, -0.2) is 19.7 Å². The van der Waals surface area contributed by atoms with Gasteiger partial charge in [-0.05, 0) is 24.3 Å². The number of halogens is 2. The van der Waals surface area contributed by atoms with Crippen LogP contribution in [-0.2, 0) is 11.8 Å². The molecule has 0 saturated carbocycles. The monoisotopic (exact) mass is 455 g/mol. The zero-order chi connectivity index (χ0) is 23.5. The van der Waals surface area contributed by atoms with Gasteiger partial charge in [-0.3, -0.25) is 4.98 Å². The molecule has 33 heavy (non-hydrogen) atoms. The van der Waals surface area contributed by atoms with Gasteiger partial charge in [0.15, 0.2) is 17.3 Å². The minimum atomic E-state index is -2.93. The molecule has 0 saturated heterocycles. The molecule has 0 aliphatic heterocycles. The Morgan fingerprint density at radius 3 is 2.55 bits per heavy atom. The highest BCUT2D eigenvalue weighted by Crippen LogP contribution is 2.32. The van der Waals surface area contributed by atoms with Crippen molar-refractivity contribution in [2.75, 3.05) is 24.8 Å². The number of imidazole rings is 1. The number of nitrogens with one attached hydrogen (secondary N) is 2. The third-order valence-corrected chi connectivity index (χ3v) is 4.75. The van der Waals surface area contributed by atoms with Crippen molar-refractivity contribution in [3.8, 4) is 17.0 Å². The normalized spacial score (nSPS) is 11.0. The summed E-state index contributed by atoms with van der Waals surface area (Å²) in [6, 6.07) is 5.74. The lowest BCUT2D eigenvalue weighted by Crippen LogP contribution is -2.13. The molecule has 1 aromatic carbocycles. The number of aryl methyl sites for hydroxylation is 1. The molecular formula is C21H19F2N7O3. The van der Waals surface area contributed by atoms with Crippen LogP contribution in [0.15, 0.2) is 43.0 Å². The van der Waals surface area contributed by atoms with Crippen LogP contribution < -0.4 is 15.4 Å². The Morgan fingerprint density at radius 2 is 1.88 bits per heavy atom. The molecule has 0 bridgehead atoms. The number of carbonyl (C=O) groups excluding carboxylic acids is 1. The van der Waals surface area contributed by atoms with E-state index in [2.05, 4.69) is 35.3 Å². The fraction of sp³-hybridized carbons (Fsp3) is 0.190. The Labute approximate surface area is 186 Å². The van der Waals surface area contributed by atoms with Crippen molar-refractivity contribution >= 4 is 34.3 Å². The van der Waals surface area contributed by atoms with Crippen molar-refractivity contribution in [1.29, 1.82) is 0 Å². The number of rotatable bonds is 7. The first-order valence-corrected chi connectivity index (χ1v) is 9.66. The van der Waals surface area contributed by atoms with Crippen molar-refractivity contribution in [2.45, 2.75) is 6.61 Å². The number of esters is 1. The highest BCUT2D eigenvalue weighted by Gasteiger charge is 2.23. The summed E-state index contributed by atoms with van der Waals surface area (Å²) in [6.07, 6.45) is 4.92. The lowest BCUT2D eigenvalue weighted by molar-refractivity contribution is -0.0498. The molecule has 4 aromatic rings. The van der Waals surface area contributed by atoms with E-state index in [1.54, 1.807) is 25.8 Å². The number of aromatic nitrogens is 5. The summed E-state index contributed by atoms with van der Waals surface area (Å²) < 4.78 is 35.8. The van der Waals surface area contributed by atoms with Gasteiger partial charge in [0.25, 0.3) is 0 Å². The quantitative estimate of drug-likeness (QED) is 0.403. The first-order chi connectivity index (χ1) is 15.9. The Hall–Kier alpha value is -4.35. The number of nitrogens with zero attached hydrogens (tertiary/aromatic N) is 5. The molecule has 0 unspecified atom stereocenters. The summed E-state index contributed by atoms with van der Waals surface area (Å²) in [5, 5.41) is 5.95. The Kier molecular flexibility index (Phi) is 5.98. The topological polar surface area (TPSA) is 116 Å². The number of pyridine rings is 1. The van der Waals surface area contributed by atoms with Crippen LogP contribution in [0.3, 0.4) is 0 Å². The van der Waals surface area contributed by atoms with Crippen LogP contribution >= 0.6 is 0 Å². The summed E-state index contributed by atoms with van der Waals surface area (Å²) in [5.74, 6) is -0.244. The van der Waals surface area contributed by atoms with E-state index in [1.165, 1.54) is 31.4 Å². The van der Waals surface area contributed by atoms with Gasteiger partial charge < -0.3 is 24.7 Å². The Balaban J connectivity index is 1.79. The average Bonchev–Trinajstić information content (AvgIpc) is 3.20. The van der Waals surface area contributed by atoms with E-state index in [9.17, 15) is 13.6 Å². The number of hydrogen-bond donors (Lipinski definition) is 2. The predicted octanol–water partition coefficient (Wildman–Crippen LogP) is 3.60. The van der Waals surface area contributed by atoms with Gasteiger partial charge in [-0.2, -0.15) is 8.78 Å². The van der Waals surface area contributed by atoms with E-state index >= 15 is 0 Å². The molecule has 0 atom stereocenters. The smallest absolute Gasteiger partial charge is 0.387 e. The highest BCUT2D eigenvalue weighted by molar-refractivity contribution is 5.98. The number of alkyl halides is 2. The van der Waals surface area contributed by atoms with Gasteiger partial charge in [-0.15, -0.1) is 0 Å². The van der Waals surface area contributed by atoms with Gasteiger partial charge >= 0.3 is 12.6 Å².